The van der Waals surface area contributed by atoms with Crippen LogP contribution in [-0.2, 0) is 33.6 Å². The van der Waals surface area contributed by atoms with Crippen LogP contribution in [0, 0.1) is 6.92 Å². The maximum absolute atomic E-state index is 12.0. The molecule has 36 heavy (non-hydrogen) atoms. The molecule has 0 atom stereocenters. The number of aryl methyl sites for hydroxylation is 1. The number of hydrogen-bond donors (Lipinski definition) is 3. The zero-order chi connectivity index (χ0) is 26.6. The van der Waals surface area contributed by atoms with Crippen molar-refractivity contribution < 1.29 is 22.5 Å². The molecule has 4 N–H and O–H groups in total. The Hall–Kier alpha value is -2.94. The molecule has 0 saturated carbocycles. The van der Waals surface area contributed by atoms with Crippen LogP contribution in [0.5, 0.6) is 5.75 Å². The molecule has 4 rings (SSSR count). The first-order chi connectivity index (χ1) is 17.0. The molecule has 194 valence electrons. The third-order valence-electron chi connectivity index (χ3n) is 5.26. The molecular weight excluding hydrogens is 530 g/mol. The summed E-state index contributed by atoms with van der Waals surface area (Å²) in [7, 11) is -0.482. The second-order valence-corrected chi connectivity index (χ2v) is 10.5. The molecule has 0 radical (unpaired) electrons. The Morgan fingerprint density at radius 3 is 2.69 bits per heavy atom. The van der Waals surface area contributed by atoms with Crippen molar-refractivity contribution in [3.63, 3.8) is 0 Å². The number of amides is 1. The summed E-state index contributed by atoms with van der Waals surface area (Å²) in [5, 5.41) is 12.3. The number of nitrogens with one attached hydrogen (secondary N) is 1. The number of nitrogens with zero attached hydrogens (tertiary/aromatic N) is 5. The van der Waals surface area contributed by atoms with Gasteiger partial charge in [0, 0.05) is 30.1 Å². The maximum atomic E-state index is 12.0. The van der Waals surface area contributed by atoms with Crippen molar-refractivity contribution in [1.29, 1.82) is 0 Å². The Balaban J connectivity index is 0.000000538. The van der Waals surface area contributed by atoms with Gasteiger partial charge in [-0.3, -0.25) is 14.3 Å². The molecule has 3 aliphatic rings. The number of methoxy groups -OCH3 is 1. The van der Waals surface area contributed by atoms with Crippen LogP contribution in [0.15, 0.2) is 16.7 Å². The molecule has 0 saturated heterocycles. The predicted molar refractivity (Wildman–Crippen MR) is 138 cm³/mol. The number of carbonyl (C=O) groups excluding carboxylic acids is 1. The van der Waals surface area contributed by atoms with E-state index in [-0.39, 0.29) is 24.6 Å². The molecule has 3 heterocycles. The van der Waals surface area contributed by atoms with E-state index in [2.05, 4.69) is 24.9 Å². The molecule has 1 aromatic rings. The number of nitrogens with two attached hydrogens (primary N) is 1. The molecule has 1 amide bonds. The Kier molecular flexibility index (Phi) is 8.76. The van der Waals surface area contributed by atoms with Crippen LogP contribution >= 0.6 is 23.5 Å². The van der Waals surface area contributed by atoms with Crippen molar-refractivity contribution in [2.24, 2.45) is 10.1 Å². The number of ether oxygens (including phenoxy) is 1. The van der Waals surface area contributed by atoms with Crippen molar-refractivity contribution in [3.8, 4) is 17.0 Å². The number of amidine groups is 1. The SMILES string of the molecule is CCS(=O)(=O)O.CNC(=O)Cc1cc2nn(Cc3ncc(C)c(OC)c3Cl)nc3c-2c1CSN=C3N. The third-order valence-corrected chi connectivity index (χ3v) is 7.12. The number of halogens is 1. The summed E-state index contributed by atoms with van der Waals surface area (Å²) in [5.74, 6) is 1.21. The van der Waals surface area contributed by atoms with Gasteiger partial charge in [0.05, 0.1) is 30.7 Å². The summed E-state index contributed by atoms with van der Waals surface area (Å²) in [6.45, 7) is 3.47. The smallest absolute Gasteiger partial charge is 0.264 e. The van der Waals surface area contributed by atoms with Crippen molar-refractivity contribution in [3.05, 3.63) is 45.4 Å². The number of carbonyl (C=O) groups is 1. The van der Waals surface area contributed by atoms with Crippen LogP contribution in [0.3, 0.4) is 0 Å². The highest BCUT2D eigenvalue weighted by molar-refractivity contribution is 7.97. The van der Waals surface area contributed by atoms with E-state index in [1.54, 1.807) is 20.4 Å². The number of likely N-dealkylation sites (N-methyl/N-ethyl adjacent to an activating group) is 1. The number of aromatic nitrogens is 4. The molecule has 0 spiro atoms. The van der Waals surface area contributed by atoms with Gasteiger partial charge in [0.15, 0.2) is 5.84 Å². The number of hydrogen-bond acceptors (Lipinski definition) is 10. The summed E-state index contributed by atoms with van der Waals surface area (Å²) in [6, 6.07) is 1.91. The Morgan fingerprint density at radius 2 is 2.08 bits per heavy atom. The molecule has 0 aromatic carbocycles. The predicted octanol–water partition coefficient (Wildman–Crippen LogP) is 1.85. The highest BCUT2D eigenvalue weighted by Gasteiger charge is 2.28. The molecule has 2 aliphatic heterocycles. The van der Waals surface area contributed by atoms with E-state index in [4.69, 9.17) is 26.6 Å². The van der Waals surface area contributed by atoms with Crippen LogP contribution in [0.25, 0.3) is 11.3 Å². The van der Waals surface area contributed by atoms with E-state index in [9.17, 15) is 13.2 Å². The molecule has 0 bridgehead atoms. The minimum absolute atomic E-state index is 0.0742. The fourth-order valence-corrected chi connectivity index (χ4v) is 4.51. The number of pyridine rings is 1. The second kappa shape index (κ2) is 11.4. The van der Waals surface area contributed by atoms with E-state index in [1.807, 2.05) is 13.0 Å². The normalized spacial score (nSPS) is 12.9. The molecule has 0 fully saturated rings. The molecule has 12 nitrogen and oxygen atoms in total. The van der Waals surface area contributed by atoms with E-state index < -0.39 is 10.1 Å². The van der Waals surface area contributed by atoms with Gasteiger partial charge in [-0.05, 0) is 43.0 Å². The highest BCUT2D eigenvalue weighted by atomic mass is 35.5. The summed E-state index contributed by atoms with van der Waals surface area (Å²) in [6.07, 6.45) is 1.95. The summed E-state index contributed by atoms with van der Waals surface area (Å²) >= 11 is 7.80. The average Bonchev–Trinajstić information content (AvgIpc) is 3.07. The monoisotopic (exact) mass is 555 g/mol. The Bertz CT molecular complexity index is 1390. The lowest BCUT2D eigenvalue weighted by Gasteiger charge is -2.14. The van der Waals surface area contributed by atoms with Crippen molar-refractivity contribution in [1.82, 2.24) is 25.3 Å². The average molecular weight is 556 g/mol. The number of rotatable bonds is 6. The molecular formula is C21H26ClN7O5S2. The minimum Gasteiger partial charge on any atom is -0.495 e. The van der Waals surface area contributed by atoms with E-state index in [0.717, 1.165) is 22.3 Å². The quantitative estimate of drug-likeness (QED) is 0.300. The van der Waals surface area contributed by atoms with Gasteiger partial charge < -0.3 is 15.8 Å². The molecule has 15 heteroatoms. The van der Waals surface area contributed by atoms with Crippen molar-refractivity contribution in [2.75, 3.05) is 19.9 Å². The van der Waals surface area contributed by atoms with Crippen LogP contribution in [0.1, 0.15) is 35.0 Å². The van der Waals surface area contributed by atoms with Gasteiger partial charge in [-0.25, -0.2) is 0 Å². The lowest BCUT2D eigenvalue weighted by Crippen LogP contribution is -2.22. The van der Waals surface area contributed by atoms with Gasteiger partial charge in [0.25, 0.3) is 10.1 Å². The third kappa shape index (κ3) is 6.24. The first kappa shape index (κ1) is 27.6. The lowest BCUT2D eigenvalue weighted by molar-refractivity contribution is -0.119. The minimum atomic E-state index is -3.66. The van der Waals surface area contributed by atoms with E-state index in [1.165, 1.54) is 23.7 Å². The molecule has 1 aliphatic carbocycles. The van der Waals surface area contributed by atoms with Gasteiger partial charge in [0.2, 0.25) is 5.91 Å². The van der Waals surface area contributed by atoms with Gasteiger partial charge in [-0.1, -0.05) is 11.6 Å². The molecule has 0 unspecified atom stereocenters. The topological polar surface area (TPSA) is 175 Å². The van der Waals surface area contributed by atoms with Gasteiger partial charge in [-0.15, -0.1) is 0 Å². The fraction of sp³-hybridized carbons (Fsp3) is 0.381. The highest BCUT2D eigenvalue weighted by Crippen LogP contribution is 2.38. The lowest BCUT2D eigenvalue weighted by atomic mass is 10.1. The summed E-state index contributed by atoms with van der Waals surface area (Å²) in [4.78, 5) is 17.9. The van der Waals surface area contributed by atoms with E-state index in [0.29, 0.717) is 39.4 Å². The Morgan fingerprint density at radius 1 is 1.39 bits per heavy atom. The van der Waals surface area contributed by atoms with Crippen LogP contribution in [0.4, 0.5) is 0 Å². The summed E-state index contributed by atoms with van der Waals surface area (Å²) in [5.41, 5.74) is 11.5. The van der Waals surface area contributed by atoms with Crippen LogP contribution < -0.4 is 15.8 Å². The maximum Gasteiger partial charge on any atom is 0.264 e. The zero-order valence-electron chi connectivity index (χ0n) is 20.1. The van der Waals surface area contributed by atoms with Crippen LogP contribution in [-0.4, -0.2) is 64.6 Å². The first-order valence-corrected chi connectivity index (χ1v) is 13.6. The van der Waals surface area contributed by atoms with Crippen molar-refractivity contribution >= 4 is 45.4 Å². The Labute approximate surface area is 217 Å². The van der Waals surface area contributed by atoms with Crippen molar-refractivity contribution in [2.45, 2.75) is 32.6 Å². The molecule has 1 aromatic heterocycles. The van der Waals surface area contributed by atoms with E-state index >= 15 is 0 Å². The fourth-order valence-electron chi connectivity index (χ4n) is 3.43. The zero-order valence-corrected chi connectivity index (χ0v) is 22.5. The van der Waals surface area contributed by atoms with Gasteiger partial charge in [-0.2, -0.15) is 27.8 Å². The summed E-state index contributed by atoms with van der Waals surface area (Å²) < 4.78 is 36.6. The van der Waals surface area contributed by atoms with Gasteiger partial charge in [0.1, 0.15) is 23.0 Å². The largest absolute Gasteiger partial charge is 0.495 e. The second-order valence-electron chi connectivity index (χ2n) is 7.69. The first-order valence-electron chi connectivity index (χ1n) is 10.7. The standard InChI is InChI=1S/C19H20ClN7O2S.C2H6O3S/c1-9-6-23-13(16(20)18(9)29-3)7-27-24-12-4-10(5-14(28)22-2)11-8-30-26-19(21)17(25-27)15(11)12;1-2-6(3,4)5/h4,6H,5,7-8H2,1-3H3,(H2,21,26)(H,22,28);2H2,1H3,(H,3,4,5). The van der Waals surface area contributed by atoms with Crippen LogP contribution in [0.2, 0.25) is 5.02 Å². The van der Waals surface area contributed by atoms with Gasteiger partial charge >= 0.3 is 0 Å².